The summed E-state index contributed by atoms with van der Waals surface area (Å²) < 4.78 is 14.0. The van der Waals surface area contributed by atoms with E-state index >= 15 is 0 Å². The smallest absolute Gasteiger partial charge is 0.235 e. The molecule has 0 radical (unpaired) electrons. The standard InChI is InChI=1S/C13H20N2O2S.C4H10.C2H6/c1-4-11(3)6-7-12(5-2)18(17)15-9-8-14-13(16)10-15;1-4(2)3;1-2/h4-7H,8-10H2,1-3H3,(H,14,16);4H,1-3H3;1-2H3/b7-6-,11-4-,12-5+;;. The lowest BCUT2D eigenvalue weighted by Crippen LogP contribution is -2.48. The van der Waals surface area contributed by atoms with E-state index in [-0.39, 0.29) is 12.5 Å². The molecule has 1 rings (SSSR count). The third-order valence-electron chi connectivity index (χ3n) is 2.69. The molecule has 24 heavy (non-hydrogen) atoms. The second-order valence-corrected chi connectivity index (χ2v) is 7.24. The minimum absolute atomic E-state index is 0.0707. The van der Waals surface area contributed by atoms with Gasteiger partial charge in [-0.25, -0.2) is 8.51 Å². The van der Waals surface area contributed by atoms with E-state index in [0.29, 0.717) is 13.1 Å². The Balaban J connectivity index is 0. The molecule has 1 N–H and O–H groups in total. The Morgan fingerprint density at radius 3 is 2.12 bits per heavy atom. The molecule has 1 aliphatic heterocycles. The molecule has 0 saturated carbocycles. The number of rotatable bonds is 4. The minimum atomic E-state index is -1.26. The molecule has 4 nitrogen and oxygen atoms in total. The fourth-order valence-electron chi connectivity index (χ4n) is 1.47. The Labute approximate surface area is 151 Å². The summed E-state index contributed by atoms with van der Waals surface area (Å²) in [6.45, 7) is 17.7. The van der Waals surface area contributed by atoms with Gasteiger partial charge in [0, 0.05) is 13.1 Å². The van der Waals surface area contributed by atoms with Gasteiger partial charge in [-0.15, -0.1) is 0 Å². The first-order valence-corrected chi connectivity index (χ1v) is 9.83. The van der Waals surface area contributed by atoms with Crippen LogP contribution in [0, 0.1) is 5.92 Å². The summed E-state index contributed by atoms with van der Waals surface area (Å²) in [5.41, 5.74) is 1.11. The first kappa shape index (κ1) is 25.0. The molecule has 0 aromatic rings. The van der Waals surface area contributed by atoms with Crippen LogP contribution in [0.3, 0.4) is 0 Å². The van der Waals surface area contributed by atoms with Gasteiger partial charge in [-0.2, -0.15) is 0 Å². The van der Waals surface area contributed by atoms with Crippen LogP contribution in [0.2, 0.25) is 0 Å². The quantitative estimate of drug-likeness (QED) is 0.768. The summed E-state index contributed by atoms with van der Waals surface area (Å²) in [6.07, 6.45) is 7.58. The van der Waals surface area contributed by atoms with Gasteiger partial charge in [0.2, 0.25) is 5.91 Å². The van der Waals surface area contributed by atoms with Gasteiger partial charge in [0.1, 0.15) is 11.0 Å². The van der Waals surface area contributed by atoms with Crippen molar-refractivity contribution in [1.82, 2.24) is 9.62 Å². The van der Waals surface area contributed by atoms with E-state index in [9.17, 15) is 9.00 Å². The summed E-state index contributed by atoms with van der Waals surface area (Å²) in [4.78, 5) is 12.0. The third kappa shape index (κ3) is 12.3. The zero-order valence-electron chi connectivity index (χ0n) is 16.7. The highest BCUT2D eigenvalue weighted by Crippen LogP contribution is 2.12. The van der Waals surface area contributed by atoms with Gasteiger partial charge in [-0.1, -0.05) is 58.4 Å². The molecule has 140 valence electrons. The Hall–Kier alpha value is -1.20. The topological polar surface area (TPSA) is 49.4 Å². The highest BCUT2D eigenvalue weighted by molar-refractivity contribution is 7.86. The van der Waals surface area contributed by atoms with Crippen LogP contribution < -0.4 is 5.32 Å². The number of nitrogens with one attached hydrogen (secondary N) is 1. The predicted molar refractivity (Wildman–Crippen MR) is 107 cm³/mol. The summed E-state index contributed by atoms with van der Waals surface area (Å²) in [5, 5.41) is 2.72. The van der Waals surface area contributed by atoms with Gasteiger partial charge < -0.3 is 5.32 Å². The van der Waals surface area contributed by atoms with Crippen LogP contribution in [0.15, 0.2) is 34.8 Å². The molecule has 0 aromatic heterocycles. The van der Waals surface area contributed by atoms with E-state index in [0.717, 1.165) is 16.4 Å². The number of carbonyl (C=O) groups excluding carboxylic acids is 1. The monoisotopic (exact) mass is 356 g/mol. The SMILES string of the molecule is CC.CC(C)C.C\C=C(C)/C=C\C(=C/C)S(=O)N1CCNC(=O)C1. The average Bonchev–Trinajstić information content (AvgIpc) is 2.56. The van der Waals surface area contributed by atoms with Gasteiger partial charge in [-0.05, 0) is 32.8 Å². The van der Waals surface area contributed by atoms with E-state index < -0.39 is 11.0 Å². The zero-order valence-corrected chi connectivity index (χ0v) is 17.5. The van der Waals surface area contributed by atoms with Gasteiger partial charge in [0.25, 0.3) is 0 Å². The number of amides is 1. The van der Waals surface area contributed by atoms with Crippen LogP contribution in [0.25, 0.3) is 0 Å². The molecular formula is C19H36N2O2S. The van der Waals surface area contributed by atoms with Crippen molar-refractivity contribution in [1.29, 1.82) is 0 Å². The van der Waals surface area contributed by atoms with Gasteiger partial charge in [0.15, 0.2) is 0 Å². The minimum Gasteiger partial charge on any atom is -0.354 e. The Kier molecular flexibility index (Phi) is 16.0. The van der Waals surface area contributed by atoms with E-state index in [2.05, 4.69) is 26.1 Å². The molecule has 1 atom stereocenters. The lowest BCUT2D eigenvalue weighted by Gasteiger charge is -2.25. The molecule has 1 fully saturated rings. The first-order chi connectivity index (χ1) is 11.3. The van der Waals surface area contributed by atoms with E-state index in [1.54, 1.807) is 4.31 Å². The van der Waals surface area contributed by atoms with Crippen molar-refractivity contribution in [2.75, 3.05) is 19.6 Å². The van der Waals surface area contributed by atoms with Crippen molar-refractivity contribution in [3.05, 3.63) is 34.8 Å². The Bertz CT molecular complexity index is 463. The van der Waals surface area contributed by atoms with Crippen LogP contribution in [0.1, 0.15) is 55.4 Å². The maximum Gasteiger partial charge on any atom is 0.235 e. The van der Waals surface area contributed by atoms with Crippen molar-refractivity contribution in [3.8, 4) is 0 Å². The largest absolute Gasteiger partial charge is 0.354 e. The molecule has 1 aliphatic rings. The maximum atomic E-state index is 12.3. The van der Waals surface area contributed by atoms with E-state index in [4.69, 9.17) is 0 Å². The molecule has 1 unspecified atom stereocenters. The van der Waals surface area contributed by atoms with E-state index in [1.165, 1.54) is 0 Å². The number of hydrogen-bond donors (Lipinski definition) is 1. The van der Waals surface area contributed by atoms with Crippen molar-refractivity contribution in [2.45, 2.75) is 55.4 Å². The van der Waals surface area contributed by atoms with Crippen molar-refractivity contribution < 1.29 is 9.00 Å². The van der Waals surface area contributed by atoms with Crippen LogP contribution in [-0.2, 0) is 15.8 Å². The second kappa shape index (κ2) is 15.3. The molecular weight excluding hydrogens is 320 g/mol. The summed E-state index contributed by atoms with van der Waals surface area (Å²) in [5.74, 6) is 0.763. The summed E-state index contributed by atoms with van der Waals surface area (Å²) >= 11 is 0. The van der Waals surface area contributed by atoms with Gasteiger partial charge >= 0.3 is 0 Å². The average molecular weight is 357 g/mol. The second-order valence-electron chi connectivity index (χ2n) is 5.75. The first-order valence-electron chi connectivity index (χ1n) is 8.72. The molecule has 1 amide bonds. The zero-order chi connectivity index (χ0) is 19.1. The number of piperazine rings is 1. The fraction of sp³-hybridized carbons (Fsp3) is 0.632. The number of allylic oxidation sites excluding steroid dienone is 5. The van der Waals surface area contributed by atoms with Crippen molar-refractivity contribution >= 4 is 16.9 Å². The molecule has 1 saturated heterocycles. The molecule has 0 aromatic carbocycles. The molecule has 0 aliphatic carbocycles. The Morgan fingerprint density at radius 2 is 1.71 bits per heavy atom. The predicted octanol–water partition coefficient (Wildman–Crippen LogP) is 4.20. The fourth-order valence-corrected chi connectivity index (χ4v) is 2.65. The number of nitrogens with zero attached hydrogens (tertiary/aromatic N) is 1. The molecule has 5 heteroatoms. The van der Waals surface area contributed by atoms with Gasteiger partial charge in [-0.3, -0.25) is 4.79 Å². The highest BCUT2D eigenvalue weighted by atomic mass is 32.2. The molecule has 0 bridgehead atoms. The number of hydrogen-bond acceptors (Lipinski definition) is 2. The summed E-state index contributed by atoms with van der Waals surface area (Å²) in [6, 6.07) is 0. The summed E-state index contributed by atoms with van der Waals surface area (Å²) in [7, 11) is -1.26. The molecule has 0 spiro atoms. The molecule has 1 heterocycles. The Morgan fingerprint density at radius 1 is 1.17 bits per heavy atom. The van der Waals surface area contributed by atoms with Crippen LogP contribution in [0.5, 0.6) is 0 Å². The van der Waals surface area contributed by atoms with Crippen LogP contribution in [-0.4, -0.2) is 34.1 Å². The van der Waals surface area contributed by atoms with E-state index in [1.807, 2.05) is 58.9 Å². The third-order valence-corrected chi connectivity index (χ3v) is 4.25. The number of carbonyl (C=O) groups is 1. The maximum absolute atomic E-state index is 12.3. The lowest BCUT2D eigenvalue weighted by molar-refractivity contribution is -0.122. The van der Waals surface area contributed by atoms with Gasteiger partial charge in [0.05, 0.1) is 11.4 Å². The lowest BCUT2D eigenvalue weighted by atomic mass is 10.2. The highest BCUT2D eigenvalue weighted by Gasteiger charge is 2.22. The van der Waals surface area contributed by atoms with Crippen molar-refractivity contribution in [3.63, 3.8) is 0 Å². The normalized spacial score (nSPS) is 17.6. The van der Waals surface area contributed by atoms with Crippen LogP contribution >= 0.6 is 0 Å². The van der Waals surface area contributed by atoms with Crippen LogP contribution in [0.4, 0.5) is 0 Å². The van der Waals surface area contributed by atoms with Crippen molar-refractivity contribution in [2.24, 2.45) is 5.92 Å².